The van der Waals surface area contributed by atoms with E-state index in [1.54, 1.807) is 0 Å². The van der Waals surface area contributed by atoms with Crippen LogP contribution in [0, 0.1) is 0 Å². The van der Waals surface area contributed by atoms with Crippen molar-refractivity contribution in [2.45, 2.75) is 14.5 Å². The lowest BCUT2D eigenvalue weighted by Gasteiger charge is -2.45. The number of benzene rings is 2. The van der Waals surface area contributed by atoms with Crippen molar-refractivity contribution in [3.05, 3.63) is 71.8 Å². The Morgan fingerprint density at radius 1 is 0.565 bits per heavy atom. The van der Waals surface area contributed by atoms with Crippen molar-refractivity contribution in [2.24, 2.45) is 0 Å². The van der Waals surface area contributed by atoms with Gasteiger partial charge in [-0.2, -0.15) is 0 Å². The maximum atomic E-state index is 3.91. The van der Waals surface area contributed by atoms with Crippen molar-refractivity contribution in [1.82, 2.24) is 0 Å². The Hall–Kier alpha value is 1.80. The standard InChI is InChI=1S/C16H11Br7/c17-14(18,15(19,20)16(21,22)23)13(11-7-3-1-4-8-11)12-9-5-2-6-10-12/h1-10,13H. The Morgan fingerprint density at radius 3 is 1.22 bits per heavy atom. The highest BCUT2D eigenvalue weighted by Gasteiger charge is 2.60. The predicted octanol–water partition coefficient (Wildman–Crippen LogP) is 8.63. The molecule has 7 heteroatoms. The van der Waals surface area contributed by atoms with Crippen molar-refractivity contribution >= 4 is 112 Å². The molecule has 0 N–H and O–H groups in total. The molecule has 0 aromatic heterocycles. The van der Waals surface area contributed by atoms with Gasteiger partial charge in [-0.25, -0.2) is 0 Å². The molecule has 0 fully saturated rings. The van der Waals surface area contributed by atoms with E-state index in [0.717, 1.165) is 0 Å². The molecule has 0 aliphatic carbocycles. The summed E-state index contributed by atoms with van der Waals surface area (Å²) in [5, 5.41) is 0. The van der Waals surface area contributed by atoms with Gasteiger partial charge < -0.3 is 0 Å². The topological polar surface area (TPSA) is 0 Å². The van der Waals surface area contributed by atoms with Crippen LogP contribution in [0.2, 0.25) is 0 Å². The minimum atomic E-state index is -0.629. The molecule has 2 rings (SSSR count). The zero-order valence-electron chi connectivity index (χ0n) is 11.5. The third-order valence-corrected chi connectivity index (χ3v) is 15.1. The highest BCUT2D eigenvalue weighted by Crippen LogP contribution is 2.67. The average molecular weight is 763 g/mol. The maximum absolute atomic E-state index is 3.91. The molecule has 0 saturated carbocycles. The molecule has 0 atom stereocenters. The van der Waals surface area contributed by atoms with Crippen molar-refractivity contribution in [2.75, 3.05) is 0 Å². The molecule has 2 aromatic carbocycles. The summed E-state index contributed by atoms with van der Waals surface area (Å²) in [5.74, 6) is 0.0238. The molecule has 0 saturated heterocycles. The summed E-state index contributed by atoms with van der Waals surface area (Å²) in [6.45, 7) is 0. The fraction of sp³-hybridized carbons (Fsp3) is 0.250. The maximum Gasteiger partial charge on any atom is 0.162 e. The minimum absolute atomic E-state index is 0.0238. The Bertz CT molecular complexity index is 593. The summed E-state index contributed by atoms with van der Waals surface area (Å²) < 4.78 is -1.81. The Labute approximate surface area is 195 Å². The Morgan fingerprint density at radius 2 is 0.913 bits per heavy atom. The summed E-state index contributed by atoms with van der Waals surface area (Å²) in [5.41, 5.74) is 2.37. The molecule has 0 amide bonds. The van der Waals surface area contributed by atoms with Gasteiger partial charge in [0.05, 0.1) is 0 Å². The van der Waals surface area contributed by atoms with E-state index in [0.29, 0.717) is 0 Å². The van der Waals surface area contributed by atoms with Gasteiger partial charge >= 0.3 is 0 Å². The molecule has 124 valence electrons. The highest BCUT2D eigenvalue weighted by molar-refractivity contribution is 9.42. The molecule has 0 bridgehead atoms. The van der Waals surface area contributed by atoms with Crippen molar-refractivity contribution < 1.29 is 0 Å². The molecular formula is C16H11Br7. The second-order valence-corrected chi connectivity index (χ2v) is 18.7. The van der Waals surface area contributed by atoms with Gasteiger partial charge in [0.15, 0.2) is 2.14 Å². The number of hydrogen-bond donors (Lipinski definition) is 0. The molecule has 0 aliphatic rings. The number of rotatable bonds is 4. The summed E-state index contributed by atoms with van der Waals surface area (Å²) in [4.78, 5) is 0. The van der Waals surface area contributed by atoms with E-state index in [-0.39, 0.29) is 5.92 Å². The van der Waals surface area contributed by atoms with E-state index in [1.807, 2.05) is 12.1 Å². The number of halogens is 7. The molecule has 2 aromatic rings. The highest BCUT2D eigenvalue weighted by atomic mass is 80.0. The third kappa shape index (κ3) is 4.56. The van der Waals surface area contributed by atoms with Crippen LogP contribution in [0.1, 0.15) is 17.0 Å². The first kappa shape index (κ1) is 21.1. The Kier molecular flexibility index (Phi) is 7.54. The first-order valence-electron chi connectivity index (χ1n) is 6.51. The quantitative estimate of drug-likeness (QED) is 0.274. The zero-order valence-corrected chi connectivity index (χ0v) is 22.6. The van der Waals surface area contributed by atoms with Gasteiger partial charge in [-0.05, 0) is 11.1 Å². The van der Waals surface area contributed by atoms with E-state index in [4.69, 9.17) is 0 Å². The summed E-state index contributed by atoms with van der Waals surface area (Å²) in [6, 6.07) is 20.8. The monoisotopic (exact) mass is 756 g/mol. The smallest absolute Gasteiger partial charge is 0.0690 e. The molecule has 0 nitrogen and oxygen atoms in total. The lowest BCUT2D eigenvalue weighted by molar-refractivity contribution is 0.683. The third-order valence-electron chi connectivity index (χ3n) is 3.40. The van der Waals surface area contributed by atoms with Crippen molar-refractivity contribution in [3.63, 3.8) is 0 Å². The fourth-order valence-electron chi connectivity index (χ4n) is 2.27. The van der Waals surface area contributed by atoms with Crippen LogP contribution < -0.4 is 0 Å². The van der Waals surface area contributed by atoms with Crippen LogP contribution in [0.15, 0.2) is 60.7 Å². The molecule has 0 radical (unpaired) electrons. The SMILES string of the molecule is BrC(Br)(Br)C(Br)(Br)C(Br)(Br)C(c1ccccc1)c1ccccc1. The Balaban J connectivity index is 2.63. The molecule has 0 aliphatic heterocycles. The van der Waals surface area contributed by atoms with E-state index >= 15 is 0 Å². The van der Waals surface area contributed by atoms with Gasteiger partial charge in [0.2, 0.25) is 0 Å². The molecule has 0 spiro atoms. The summed E-state index contributed by atoms with van der Waals surface area (Å²) in [7, 11) is 0. The van der Waals surface area contributed by atoms with Crippen molar-refractivity contribution in [3.8, 4) is 0 Å². The van der Waals surface area contributed by atoms with E-state index in [1.165, 1.54) is 11.1 Å². The van der Waals surface area contributed by atoms with Gasteiger partial charge in [0, 0.05) is 5.92 Å². The van der Waals surface area contributed by atoms with Crippen LogP contribution >= 0.6 is 112 Å². The van der Waals surface area contributed by atoms with Gasteiger partial charge in [0.25, 0.3) is 0 Å². The van der Waals surface area contributed by atoms with Gasteiger partial charge in [-0.15, -0.1) is 0 Å². The first-order chi connectivity index (χ1) is 10.6. The van der Waals surface area contributed by atoms with Crippen LogP contribution in [0.25, 0.3) is 0 Å². The van der Waals surface area contributed by atoms with Crippen LogP contribution in [0.4, 0.5) is 0 Å². The average Bonchev–Trinajstić information content (AvgIpc) is 2.48. The number of alkyl halides is 7. The molecule has 0 unspecified atom stereocenters. The summed E-state index contributed by atoms with van der Waals surface area (Å²) in [6.07, 6.45) is 0. The minimum Gasteiger partial charge on any atom is -0.0690 e. The van der Waals surface area contributed by atoms with Gasteiger partial charge in [-0.1, -0.05) is 172 Å². The predicted molar refractivity (Wildman–Crippen MR) is 125 cm³/mol. The molecule has 0 heterocycles. The largest absolute Gasteiger partial charge is 0.162 e. The van der Waals surface area contributed by atoms with Crippen molar-refractivity contribution in [1.29, 1.82) is 0 Å². The fourth-order valence-corrected chi connectivity index (χ4v) is 6.92. The second kappa shape index (κ2) is 8.22. The zero-order chi connectivity index (χ0) is 17.3. The number of hydrogen-bond acceptors (Lipinski definition) is 0. The first-order valence-corrected chi connectivity index (χ1v) is 12.1. The molecule has 23 heavy (non-hydrogen) atoms. The van der Waals surface area contributed by atoms with E-state index in [2.05, 4.69) is 160 Å². The second-order valence-electron chi connectivity index (χ2n) is 4.95. The van der Waals surface area contributed by atoms with Crippen LogP contribution in [-0.4, -0.2) is 8.61 Å². The van der Waals surface area contributed by atoms with E-state index in [9.17, 15) is 0 Å². The van der Waals surface area contributed by atoms with Gasteiger partial charge in [0.1, 0.15) is 6.47 Å². The van der Waals surface area contributed by atoms with Gasteiger partial charge in [-0.3, -0.25) is 0 Å². The lowest BCUT2D eigenvalue weighted by Crippen LogP contribution is -2.48. The lowest BCUT2D eigenvalue weighted by atomic mass is 9.87. The molecular weight excluding hydrogens is 752 g/mol. The van der Waals surface area contributed by atoms with Crippen LogP contribution in [0.5, 0.6) is 0 Å². The van der Waals surface area contributed by atoms with E-state index < -0.39 is 8.61 Å². The summed E-state index contributed by atoms with van der Waals surface area (Å²) >= 11 is 26.3. The normalized spacial score (nSPS) is 13.4. The van der Waals surface area contributed by atoms with Crippen LogP contribution in [-0.2, 0) is 0 Å². The van der Waals surface area contributed by atoms with Crippen LogP contribution in [0.3, 0.4) is 0 Å².